The molecule has 0 amide bonds. The molecule has 0 saturated heterocycles. The molecule has 0 spiro atoms. The number of halogens is 2. The third-order valence-electron chi connectivity index (χ3n) is 5.11. The minimum Gasteiger partial charge on any atom is -0.480 e. The Morgan fingerprint density at radius 1 is 1.06 bits per heavy atom. The van der Waals surface area contributed by atoms with Crippen LogP contribution in [0.25, 0.3) is 22.2 Å². The first-order valence-electron chi connectivity index (χ1n) is 10.4. The molecule has 0 radical (unpaired) electrons. The molecule has 1 N–H and O–H groups in total. The monoisotopic (exact) mass is 485 g/mol. The van der Waals surface area contributed by atoms with Gasteiger partial charge in [0.2, 0.25) is 0 Å². The zero-order valence-corrected chi connectivity index (χ0v) is 19.5. The Labute approximate surface area is 200 Å². The van der Waals surface area contributed by atoms with E-state index < -0.39 is 12.6 Å². The van der Waals surface area contributed by atoms with Gasteiger partial charge in [0, 0.05) is 16.7 Å². The van der Waals surface area contributed by atoms with Crippen molar-refractivity contribution in [3.8, 4) is 28.5 Å². The number of benzene rings is 3. The van der Waals surface area contributed by atoms with Crippen LogP contribution in [-0.4, -0.2) is 22.8 Å². The van der Waals surface area contributed by atoms with Crippen LogP contribution in [0.1, 0.15) is 24.5 Å². The molecule has 0 aliphatic rings. The van der Waals surface area contributed by atoms with Crippen LogP contribution in [0.5, 0.6) is 17.2 Å². The number of hydrogen-bond donors (Lipinski definition) is 1. The summed E-state index contributed by atoms with van der Waals surface area (Å²) in [5.41, 5.74) is 4.00. The summed E-state index contributed by atoms with van der Waals surface area (Å²) in [5, 5.41) is 14.7. The van der Waals surface area contributed by atoms with Gasteiger partial charge < -0.3 is 19.1 Å². The standard InChI is InChI=1S/C25H21Cl2NO5/c1-3-4-15-9-16(32-17-6-5-14(2)20(26)10-17)7-8-18(15)25-19-11-23(31-13-24(29)30)21(27)12-22(19)33-28-25/h5-12H,3-4,13H2,1-2H3,(H,29,30). The van der Waals surface area contributed by atoms with E-state index in [1.165, 1.54) is 0 Å². The number of carboxylic acids is 1. The zero-order chi connectivity index (χ0) is 23.5. The summed E-state index contributed by atoms with van der Waals surface area (Å²) in [6.07, 6.45) is 1.72. The Hall–Kier alpha value is -3.22. The summed E-state index contributed by atoms with van der Waals surface area (Å²) in [5.74, 6) is 0.502. The summed E-state index contributed by atoms with van der Waals surface area (Å²) in [6.45, 7) is 3.53. The fourth-order valence-electron chi connectivity index (χ4n) is 3.50. The first kappa shape index (κ1) is 23.0. The second-order valence-corrected chi connectivity index (χ2v) is 8.39. The number of nitrogens with zero attached hydrogens (tertiary/aromatic N) is 1. The molecule has 1 heterocycles. The molecule has 0 aliphatic heterocycles. The molecular weight excluding hydrogens is 465 g/mol. The molecule has 0 unspecified atom stereocenters. The molecule has 170 valence electrons. The lowest BCUT2D eigenvalue weighted by molar-refractivity contribution is -0.139. The molecule has 8 heteroatoms. The molecule has 0 aliphatic carbocycles. The molecular formula is C25H21Cl2NO5. The molecule has 0 atom stereocenters. The van der Waals surface area contributed by atoms with E-state index in [1.54, 1.807) is 18.2 Å². The third kappa shape index (κ3) is 5.07. The van der Waals surface area contributed by atoms with E-state index in [-0.39, 0.29) is 10.8 Å². The van der Waals surface area contributed by atoms with E-state index >= 15 is 0 Å². The molecule has 0 fully saturated rings. The van der Waals surface area contributed by atoms with Crippen LogP contribution in [0.4, 0.5) is 0 Å². The Kier molecular flexibility index (Phi) is 6.77. The number of carboxylic acid groups (broad SMARTS) is 1. The lowest BCUT2D eigenvalue weighted by Crippen LogP contribution is -2.09. The van der Waals surface area contributed by atoms with Crippen LogP contribution in [0, 0.1) is 6.92 Å². The molecule has 0 bridgehead atoms. The van der Waals surface area contributed by atoms with Crippen molar-refractivity contribution in [2.24, 2.45) is 0 Å². The van der Waals surface area contributed by atoms with Crippen LogP contribution in [0.3, 0.4) is 0 Å². The lowest BCUT2D eigenvalue weighted by Gasteiger charge is -2.12. The van der Waals surface area contributed by atoms with Gasteiger partial charge in [0.05, 0.1) is 10.4 Å². The number of rotatable bonds is 8. The smallest absolute Gasteiger partial charge is 0.341 e. The Bertz CT molecular complexity index is 1330. The highest BCUT2D eigenvalue weighted by atomic mass is 35.5. The van der Waals surface area contributed by atoms with Gasteiger partial charge in [0.1, 0.15) is 22.9 Å². The highest BCUT2D eigenvalue weighted by Gasteiger charge is 2.18. The largest absolute Gasteiger partial charge is 0.480 e. The topological polar surface area (TPSA) is 81.8 Å². The summed E-state index contributed by atoms with van der Waals surface area (Å²) in [6, 6.07) is 14.6. The van der Waals surface area contributed by atoms with Gasteiger partial charge in [0.25, 0.3) is 0 Å². The van der Waals surface area contributed by atoms with Gasteiger partial charge in [-0.3, -0.25) is 0 Å². The van der Waals surface area contributed by atoms with Crippen LogP contribution in [0.15, 0.2) is 53.1 Å². The second-order valence-electron chi connectivity index (χ2n) is 7.57. The van der Waals surface area contributed by atoms with Crippen LogP contribution in [-0.2, 0) is 11.2 Å². The quantitative estimate of drug-likeness (QED) is 0.281. The van der Waals surface area contributed by atoms with Gasteiger partial charge in [-0.2, -0.15) is 0 Å². The molecule has 6 nitrogen and oxygen atoms in total. The van der Waals surface area contributed by atoms with Crippen molar-refractivity contribution in [2.75, 3.05) is 6.61 Å². The van der Waals surface area contributed by atoms with Gasteiger partial charge in [-0.25, -0.2) is 4.79 Å². The van der Waals surface area contributed by atoms with Gasteiger partial charge >= 0.3 is 5.97 Å². The summed E-state index contributed by atoms with van der Waals surface area (Å²) in [7, 11) is 0. The molecule has 4 aromatic rings. The van der Waals surface area contributed by atoms with Crippen molar-refractivity contribution in [2.45, 2.75) is 26.7 Å². The number of aromatic nitrogens is 1. The first-order valence-corrected chi connectivity index (χ1v) is 11.1. The number of aryl methyl sites for hydroxylation is 2. The van der Waals surface area contributed by atoms with E-state index in [9.17, 15) is 4.79 Å². The van der Waals surface area contributed by atoms with E-state index in [0.29, 0.717) is 33.2 Å². The summed E-state index contributed by atoms with van der Waals surface area (Å²) >= 11 is 12.4. The SMILES string of the molecule is CCCc1cc(Oc2ccc(C)c(Cl)c2)ccc1-c1noc2cc(Cl)c(OCC(=O)O)cc12. The minimum absolute atomic E-state index is 0.251. The molecule has 3 aromatic carbocycles. The van der Waals surface area contributed by atoms with Crippen LogP contribution < -0.4 is 9.47 Å². The average Bonchev–Trinajstić information content (AvgIpc) is 3.17. The van der Waals surface area contributed by atoms with Crippen molar-refractivity contribution in [3.63, 3.8) is 0 Å². The maximum atomic E-state index is 10.9. The van der Waals surface area contributed by atoms with E-state index in [4.69, 9.17) is 42.3 Å². The van der Waals surface area contributed by atoms with Crippen molar-refractivity contribution in [1.82, 2.24) is 5.16 Å². The van der Waals surface area contributed by atoms with Gasteiger partial charge in [-0.1, -0.05) is 47.8 Å². The predicted octanol–water partition coefficient (Wildman–Crippen LogP) is 7.32. The molecule has 33 heavy (non-hydrogen) atoms. The zero-order valence-electron chi connectivity index (χ0n) is 18.0. The Morgan fingerprint density at radius 2 is 1.82 bits per heavy atom. The molecule has 0 saturated carbocycles. The summed E-state index contributed by atoms with van der Waals surface area (Å²) < 4.78 is 16.8. The predicted molar refractivity (Wildman–Crippen MR) is 128 cm³/mol. The van der Waals surface area contributed by atoms with Gasteiger partial charge in [-0.05, 0) is 60.9 Å². The fourth-order valence-corrected chi connectivity index (χ4v) is 3.88. The maximum absolute atomic E-state index is 10.9. The van der Waals surface area contributed by atoms with Crippen molar-refractivity contribution in [3.05, 3.63) is 69.7 Å². The first-order chi connectivity index (χ1) is 15.9. The normalized spacial score (nSPS) is 11.0. The lowest BCUT2D eigenvalue weighted by atomic mass is 9.98. The fraction of sp³-hybridized carbons (Fsp3) is 0.200. The van der Waals surface area contributed by atoms with Gasteiger partial charge in [-0.15, -0.1) is 0 Å². The van der Waals surface area contributed by atoms with E-state index in [1.807, 2.05) is 37.3 Å². The Morgan fingerprint density at radius 3 is 2.55 bits per heavy atom. The van der Waals surface area contributed by atoms with Gasteiger partial charge in [0.15, 0.2) is 12.2 Å². The third-order valence-corrected chi connectivity index (χ3v) is 5.81. The molecule has 4 rings (SSSR count). The number of aliphatic carboxylic acids is 1. The van der Waals surface area contributed by atoms with Crippen LogP contribution >= 0.6 is 23.2 Å². The van der Waals surface area contributed by atoms with Crippen molar-refractivity contribution >= 4 is 40.1 Å². The van der Waals surface area contributed by atoms with Crippen molar-refractivity contribution < 1.29 is 23.9 Å². The van der Waals surface area contributed by atoms with Crippen molar-refractivity contribution in [1.29, 1.82) is 0 Å². The number of carbonyl (C=O) groups is 1. The second kappa shape index (κ2) is 9.73. The highest BCUT2D eigenvalue weighted by molar-refractivity contribution is 6.33. The van der Waals surface area contributed by atoms with E-state index in [2.05, 4.69) is 12.1 Å². The number of fused-ring (bicyclic) bond motifs is 1. The minimum atomic E-state index is -1.09. The van der Waals surface area contributed by atoms with E-state index in [0.717, 1.165) is 29.5 Å². The average molecular weight is 486 g/mol. The van der Waals surface area contributed by atoms with Crippen LogP contribution in [0.2, 0.25) is 10.0 Å². The number of ether oxygens (including phenoxy) is 2. The maximum Gasteiger partial charge on any atom is 0.341 e. The summed E-state index contributed by atoms with van der Waals surface area (Å²) in [4.78, 5) is 10.9. The highest BCUT2D eigenvalue weighted by Crippen LogP contribution is 2.38. The number of hydrogen-bond acceptors (Lipinski definition) is 5. The Balaban J connectivity index is 1.72. The molecule has 1 aromatic heterocycles.